The predicted octanol–water partition coefficient (Wildman–Crippen LogP) is 1.18. The van der Waals surface area contributed by atoms with Crippen LogP contribution in [0.25, 0.3) is 0 Å². The third-order valence-electron chi connectivity index (χ3n) is 2.58. The monoisotopic (exact) mass is 286 g/mol. The zero-order valence-corrected chi connectivity index (χ0v) is 11.0. The van der Waals surface area contributed by atoms with Crippen molar-refractivity contribution in [3.63, 3.8) is 0 Å². The minimum Gasteiger partial charge on any atom is -0.396 e. The Morgan fingerprint density at radius 1 is 1.25 bits per heavy atom. The van der Waals surface area contributed by atoms with Gasteiger partial charge in [-0.25, -0.2) is 8.78 Å². The van der Waals surface area contributed by atoms with E-state index in [0.717, 1.165) is 18.2 Å². The van der Waals surface area contributed by atoms with E-state index < -0.39 is 29.1 Å². The summed E-state index contributed by atoms with van der Waals surface area (Å²) in [5.74, 6) is -4.05. The molecule has 5 nitrogen and oxygen atoms in total. The third-order valence-corrected chi connectivity index (χ3v) is 2.58. The van der Waals surface area contributed by atoms with Crippen molar-refractivity contribution in [3.05, 3.63) is 29.8 Å². The Balaban J connectivity index is 2.60. The van der Waals surface area contributed by atoms with E-state index in [1.54, 1.807) is 6.92 Å². The highest BCUT2D eigenvalue weighted by molar-refractivity contribution is 6.39. The first kappa shape index (κ1) is 16.0. The Morgan fingerprint density at radius 2 is 1.85 bits per heavy atom. The van der Waals surface area contributed by atoms with Crippen molar-refractivity contribution in [1.29, 1.82) is 0 Å². The zero-order chi connectivity index (χ0) is 15.1. The number of rotatable bonds is 5. The molecule has 1 rings (SSSR count). The van der Waals surface area contributed by atoms with Crippen LogP contribution in [0, 0.1) is 11.6 Å². The number of anilines is 1. The van der Waals surface area contributed by atoms with Crippen LogP contribution in [0.1, 0.15) is 19.8 Å². The SMILES string of the molecule is CC(CCCO)NC(=O)C(=O)Nc1c(F)cccc1F. The molecular weight excluding hydrogens is 270 g/mol. The minimum atomic E-state index is -1.15. The Hall–Kier alpha value is -2.02. The number of nitrogens with one attached hydrogen (secondary N) is 2. The van der Waals surface area contributed by atoms with Crippen molar-refractivity contribution in [1.82, 2.24) is 5.32 Å². The highest BCUT2D eigenvalue weighted by Crippen LogP contribution is 2.17. The molecule has 110 valence electrons. The lowest BCUT2D eigenvalue weighted by Crippen LogP contribution is -2.40. The molecule has 1 aromatic rings. The molecule has 0 aliphatic heterocycles. The second-order valence-electron chi connectivity index (χ2n) is 4.29. The van der Waals surface area contributed by atoms with Crippen molar-refractivity contribution < 1.29 is 23.5 Å². The molecule has 7 heteroatoms. The van der Waals surface area contributed by atoms with E-state index in [1.807, 2.05) is 5.32 Å². The first-order valence-electron chi connectivity index (χ1n) is 6.12. The van der Waals surface area contributed by atoms with Gasteiger partial charge >= 0.3 is 11.8 Å². The first-order chi connectivity index (χ1) is 9.45. The number of carbonyl (C=O) groups is 2. The van der Waals surface area contributed by atoms with Gasteiger partial charge in [0.2, 0.25) is 0 Å². The number of benzene rings is 1. The summed E-state index contributed by atoms with van der Waals surface area (Å²) in [6.07, 6.45) is 0.967. The average Bonchev–Trinajstić information content (AvgIpc) is 2.40. The average molecular weight is 286 g/mol. The molecule has 3 N–H and O–H groups in total. The van der Waals surface area contributed by atoms with Crippen LogP contribution >= 0.6 is 0 Å². The molecule has 1 unspecified atom stereocenters. The molecule has 0 spiro atoms. The van der Waals surface area contributed by atoms with E-state index in [1.165, 1.54) is 0 Å². The maximum Gasteiger partial charge on any atom is 0.313 e. The topological polar surface area (TPSA) is 78.4 Å². The van der Waals surface area contributed by atoms with Gasteiger partial charge in [-0.2, -0.15) is 0 Å². The number of halogens is 2. The van der Waals surface area contributed by atoms with Crippen molar-refractivity contribution in [2.75, 3.05) is 11.9 Å². The second-order valence-corrected chi connectivity index (χ2v) is 4.29. The molecule has 1 aromatic carbocycles. The molecule has 0 heterocycles. The lowest BCUT2D eigenvalue weighted by molar-refractivity contribution is -0.136. The maximum atomic E-state index is 13.3. The van der Waals surface area contributed by atoms with Crippen molar-refractivity contribution in [2.45, 2.75) is 25.8 Å². The van der Waals surface area contributed by atoms with Gasteiger partial charge in [-0.15, -0.1) is 0 Å². The molecular formula is C13H16F2N2O3. The number of aliphatic hydroxyl groups excluding tert-OH is 1. The van der Waals surface area contributed by atoms with E-state index in [0.29, 0.717) is 12.8 Å². The van der Waals surface area contributed by atoms with Gasteiger partial charge in [0.25, 0.3) is 0 Å². The Morgan fingerprint density at radius 3 is 2.40 bits per heavy atom. The van der Waals surface area contributed by atoms with Crippen LogP contribution in [0.5, 0.6) is 0 Å². The third kappa shape index (κ3) is 4.58. The number of aliphatic hydroxyl groups is 1. The van der Waals surface area contributed by atoms with Gasteiger partial charge in [-0.3, -0.25) is 9.59 Å². The fourth-order valence-corrected chi connectivity index (χ4v) is 1.55. The summed E-state index contributed by atoms with van der Waals surface area (Å²) >= 11 is 0. The Bertz CT molecular complexity index is 474. The number of amides is 2. The van der Waals surface area contributed by atoms with E-state index in [4.69, 9.17) is 5.11 Å². The fraction of sp³-hybridized carbons (Fsp3) is 0.385. The van der Waals surface area contributed by atoms with Crippen molar-refractivity contribution >= 4 is 17.5 Å². The summed E-state index contributed by atoms with van der Waals surface area (Å²) in [5, 5.41) is 12.9. The summed E-state index contributed by atoms with van der Waals surface area (Å²) in [7, 11) is 0. The molecule has 2 amide bonds. The first-order valence-corrected chi connectivity index (χ1v) is 6.12. The number of carbonyl (C=O) groups excluding carboxylic acids is 2. The smallest absolute Gasteiger partial charge is 0.313 e. The summed E-state index contributed by atoms with van der Waals surface area (Å²) < 4.78 is 26.6. The number of hydrogen-bond acceptors (Lipinski definition) is 3. The van der Waals surface area contributed by atoms with Crippen molar-refractivity contribution in [2.24, 2.45) is 0 Å². The fourth-order valence-electron chi connectivity index (χ4n) is 1.55. The summed E-state index contributed by atoms with van der Waals surface area (Å²) in [6, 6.07) is 2.77. The summed E-state index contributed by atoms with van der Waals surface area (Å²) in [6.45, 7) is 1.64. The van der Waals surface area contributed by atoms with E-state index in [9.17, 15) is 18.4 Å². The van der Waals surface area contributed by atoms with Gasteiger partial charge in [-0.1, -0.05) is 6.07 Å². The van der Waals surface area contributed by atoms with Crippen LogP contribution in [-0.4, -0.2) is 29.6 Å². The molecule has 0 aliphatic rings. The standard InChI is InChI=1S/C13H16F2N2O3/c1-8(4-3-7-18)16-12(19)13(20)17-11-9(14)5-2-6-10(11)15/h2,5-6,8,18H,3-4,7H2,1H3,(H,16,19)(H,17,20). The minimum absolute atomic E-state index is 0.0210. The van der Waals surface area contributed by atoms with Gasteiger partial charge in [-0.05, 0) is 31.9 Å². The van der Waals surface area contributed by atoms with Crippen LogP contribution in [-0.2, 0) is 9.59 Å². The maximum absolute atomic E-state index is 13.3. The Kier molecular flexibility index (Phi) is 6.05. The highest BCUT2D eigenvalue weighted by Gasteiger charge is 2.19. The second kappa shape index (κ2) is 7.54. The van der Waals surface area contributed by atoms with Crippen LogP contribution in [0.15, 0.2) is 18.2 Å². The molecule has 20 heavy (non-hydrogen) atoms. The van der Waals surface area contributed by atoms with E-state index in [-0.39, 0.29) is 12.6 Å². The van der Waals surface area contributed by atoms with Gasteiger partial charge in [0.05, 0.1) is 0 Å². The van der Waals surface area contributed by atoms with Gasteiger partial charge in [0.15, 0.2) is 0 Å². The van der Waals surface area contributed by atoms with Crippen LogP contribution in [0.3, 0.4) is 0 Å². The summed E-state index contributed by atoms with van der Waals surface area (Å²) in [5.41, 5.74) is -0.657. The lowest BCUT2D eigenvalue weighted by Gasteiger charge is -2.13. The number of hydrogen-bond donors (Lipinski definition) is 3. The molecule has 0 aliphatic carbocycles. The van der Waals surface area contributed by atoms with Gasteiger partial charge < -0.3 is 15.7 Å². The normalized spacial score (nSPS) is 11.8. The van der Waals surface area contributed by atoms with Crippen LogP contribution in [0.2, 0.25) is 0 Å². The zero-order valence-electron chi connectivity index (χ0n) is 11.0. The van der Waals surface area contributed by atoms with Crippen LogP contribution in [0.4, 0.5) is 14.5 Å². The van der Waals surface area contributed by atoms with E-state index in [2.05, 4.69) is 5.32 Å². The summed E-state index contributed by atoms with van der Waals surface area (Å²) in [4.78, 5) is 23.0. The van der Waals surface area contributed by atoms with Crippen molar-refractivity contribution in [3.8, 4) is 0 Å². The number of para-hydroxylation sites is 1. The molecule has 0 saturated heterocycles. The molecule has 1 atom stereocenters. The lowest BCUT2D eigenvalue weighted by atomic mass is 10.2. The van der Waals surface area contributed by atoms with E-state index >= 15 is 0 Å². The van der Waals surface area contributed by atoms with Gasteiger partial charge in [0.1, 0.15) is 17.3 Å². The highest BCUT2D eigenvalue weighted by atomic mass is 19.1. The molecule has 0 saturated carbocycles. The van der Waals surface area contributed by atoms with Gasteiger partial charge in [0, 0.05) is 12.6 Å². The predicted molar refractivity (Wildman–Crippen MR) is 68.9 cm³/mol. The molecule has 0 radical (unpaired) electrons. The molecule has 0 bridgehead atoms. The van der Waals surface area contributed by atoms with Crippen LogP contribution < -0.4 is 10.6 Å². The largest absolute Gasteiger partial charge is 0.396 e. The quantitative estimate of drug-likeness (QED) is 0.711. The molecule has 0 aromatic heterocycles. The molecule has 0 fully saturated rings. The Labute approximate surface area is 115 Å².